The molecule has 0 aliphatic rings. The Kier molecular flexibility index (Phi) is 3.85. The van der Waals surface area contributed by atoms with E-state index in [1.807, 2.05) is 0 Å². The van der Waals surface area contributed by atoms with E-state index in [0.29, 0.717) is 6.07 Å². The first-order valence-corrected chi connectivity index (χ1v) is 6.99. The Balaban J connectivity index is 2.56. The van der Waals surface area contributed by atoms with Gasteiger partial charge in [0.15, 0.2) is 5.69 Å². The standard InChI is InChI=1S/C15H9F6N3O2/c1-6-23-11-8(12(24-6)14(16,17)18)5-9(13(25,26)15(19,20)21)7-3-2-4-22-10(7)11/h2-5,25-26H,1H3. The van der Waals surface area contributed by atoms with Crippen LogP contribution in [-0.4, -0.2) is 31.3 Å². The van der Waals surface area contributed by atoms with E-state index in [1.165, 1.54) is 13.0 Å². The molecule has 0 bridgehead atoms. The summed E-state index contributed by atoms with van der Waals surface area (Å²) in [4.78, 5) is 10.9. The maximum Gasteiger partial charge on any atom is 0.447 e. The Morgan fingerprint density at radius 1 is 0.923 bits per heavy atom. The molecule has 11 heteroatoms. The van der Waals surface area contributed by atoms with Crippen molar-refractivity contribution in [3.05, 3.63) is 41.5 Å². The number of pyridine rings is 1. The number of nitrogens with zero attached hydrogens (tertiary/aromatic N) is 3. The molecule has 0 atom stereocenters. The van der Waals surface area contributed by atoms with Crippen LogP contribution >= 0.6 is 0 Å². The van der Waals surface area contributed by atoms with Gasteiger partial charge in [0.2, 0.25) is 0 Å². The summed E-state index contributed by atoms with van der Waals surface area (Å²) in [5.41, 5.74) is -3.37. The van der Waals surface area contributed by atoms with E-state index < -0.39 is 40.2 Å². The fraction of sp³-hybridized carbons (Fsp3) is 0.267. The van der Waals surface area contributed by atoms with E-state index in [2.05, 4.69) is 15.0 Å². The van der Waals surface area contributed by atoms with Crippen molar-refractivity contribution in [1.29, 1.82) is 0 Å². The number of benzene rings is 1. The van der Waals surface area contributed by atoms with E-state index in [0.717, 1.165) is 12.3 Å². The van der Waals surface area contributed by atoms with Crippen LogP contribution < -0.4 is 0 Å². The Bertz CT molecular complexity index is 1010. The number of fused-ring (bicyclic) bond motifs is 3. The van der Waals surface area contributed by atoms with Gasteiger partial charge in [-0.05, 0) is 19.1 Å². The van der Waals surface area contributed by atoms with Gasteiger partial charge >= 0.3 is 12.4 Å². The molecule has 0 unspecified atom stereocenters. The molecule has 0 radical (unpaired) electrons. The summed E-state index contributed by atoms with van der Waals surface area (Å²) in [6.07, 6.45) is -9.43. The van der Waals surface area contributed by atoms with Crippen LogP contribution in [0.1, 0.15) is 17.1 Å². The summed E-state index contributed by atoms with van der Waals surface area (Å²) in [5.74, 6) is -4.66. The van der Waals surface area contributed by atoms with Gasteiger partial charge in [-0.25, -0.2) is 9.97 Å². The topological polar surface area (TPSA) is 79.1 Å². The number of halogens is 6. The minimum atomic E-state index is -5.56. The maximum absolute atomic E-state index is 13.3. The van der Waals surface area contributed by atoms with Gasteiger partial charge in [0.05, 0.1) is 5.52 Å². The van der Waals surface area contributed by atoms with E-state index >= 15 is 0 Å². The molecule has 5 nitrogen and oxygen atoms in total. The Hall–Kier alpha value is -2.53. The maximum atomic E-state index is 13.3. The highest BCUT2D eigenvalue weighted by Gasteiger charge is 2.55. The fourth-order valence-electron chi connectivity index (χ4n) is 2.59. The van der Waals surface area contributed by atoms with Crippen LogP contribution in [0.25, 0.3) is 21.8 Å². The monoisotopic (exact) mass is 377 g/mol. The Labute approximate surface area is 140 Å². The van der Waals surface area contributed by atoms with Crippen LogP contribution in [-0.2, 0) is 12.0 Å². The highest BCUT2D eigenvalue weighted by Crippen LogP contribution is 2.43. The first-order valence-electron chi connectivity index (χ1n) is 6.99. The molecule has 2 heterocycles. The summed E-state index contributed by atoms with van der Waals surface area (Å²) in [6.45, 7) is 1.19. The van der Waals surface area contributed by atoms with Gasteiger partial charge in [0, 0.05) is 22.5 Å². The molecular formula is C15H9F6N3O2. The van der Waals surface area contributed by atoms with Crippen LogP contribution in [0.3, 0.4) is 0 Å². The zero-order chi connectivity index (χ0) is 19.5. The lowest BCUT2D eigenvalue weighted by Crippen LogP contribution is -2.42. The third kappa shape index (κ3) is 2.72. The first-order chi connectivity index (χ1) is 11.8. The molecule has 0 saturated carbocycles. The number of hydrogen-bond donors (Lipinski definition) is 2. The quantitative estimate of drug-likeness (QED) is 0.387. The molecular weight excluding hydrogens is 368 g/mol. The van der Waals surface area contributed by atoms with Gasteiger partial charge in [-0.3, -0.25) is 4.98 Å². The predicted octanol–water partition coefficient (Wildman–Crippen LogP) is 3.20. The smallest absolute Gasteiger partial charge is 0.355 e. The number of aliphatic hydroxyl groups is 2. The Morgan fingerprint density at radius 2 is 1.58 bits per heavy atom. The number of alkyl halides is 6. The molecule has 2 N–H and O–H groups in total. The third-order valence-corrected chi connectivity index (χ3v) is 3.71. The average Bonchev–Trinajstić information content (AvgIpc) is 2.51. The highest BCUT2D eigenvalue weighted by molar-refractivity contribution is 6.05. The van der Waals surface area contributed by atoms with Gasteiger partial charge in [-0.15, -0.1) is 0 Å². The van der Waals surface area contributed by atoms with Gasteiger partial charge in [0.1, 0.15) is 11.3 Å². The summed E-state index contributed by atoms with van der Waals surface area (Å²) in [6, 6.07) is 2.67. The third-order valence-electron chi connectivity index (χ3n) is 3.71. The van der Waals surface area contributed by atoms with Crippen LogP contribution in [0.2, 0.25) is 0 Å². The van der Waals surface area contributed by atoms with Crippen molar-refractivity contribution in [2.24, 2.45) is 0 Å². The van der Waals surface area contributed by atoms with Crippen molar-refractivity contribution in [3.63, 3.8) is 0 Å². The second-order valence-corrected chi connectivity index (χ2v) is 5.51. The van der Waals surface area contributed by atoms with Crippen molar-refractivity contribution in [2.45, 2.75) is 25.1 Å². The molecule has 1 aromatic carbocycles. The largest absolute Gasteiger partial charge is 0.447 e. The Morgan fingerprint density at radius 3 is 2.15 bits per heavy atom. The summed E-state index contributed by atoms with van der Waals surface area (Å²) < 4.78 is 79.1. The molecule has 0 saturated heterocycles. The number of rotatable bonds is 1. The van der Waals surface area contributed by atoms with Gasteiger partial charge in [-0.1, -0.05) is 6.07 Å². The van der Waals surface area contributed by atoms with Crippen molar-refractivity contribution in [3.8, 4) is 0 Å². The number of aromatic nitrogens is 3. The molecule has 2 aromatic heterocycles. The molecule has 0 spiro atoms. The van der Waals surface area contributed by atoms with Crippen LogP contribution in [0.4, 0.5) is 26.3 Å². The van der Waals surface area contributed by atoms with E-state index in [-0.39, 0.29) is 16.9 Å². The second-order valence-electron chi connectivity index (χ2n) is 5.51. The zero-order valence-electron chi connectivity index (χ0n) is 12.8. The first kappa shape index (κ1) is 18.3. The molecule has 0 aliphatic carbocycles. The van der Waals surface area contributed by atoms with E-state index in [4.69, 9.17) is 0 Å². The lowest BCUT2D eigenvalue weighted by atomic mass is 9.96. The SMILES string of the molecule is Cc1nc(C(F)(F)F)c2cc(C(O)(O)C(F)(F)F)c3cccnc3c2n1. The summed E-state index contributed by atoms with van der Waals surface area (Å²) in [7, 11) is 0. The zero-order valence-corrected chi connectivity index (χ0v) is 12.8. The van der Waals surface area contributed by atoms with Crippen molar-refractivity contribution < 1.29 is 36.6 Å². The number of hydrogen-bond acceptors (Lipinski definition) is 5. The molecule has 0 fully saturated rings. The molecule has 3 rings (SSSR count). The van der Waals surface area contributed by atoms with Crippen LogP contribution in [0.15, 0.2) is 24.4 Å². The van der Waals surface area contributed by atoms with Crippen LogP contribution in [0, 0.1) is 6.92 Å². The van der Waals surface area contributed by atoms with Crippen molar-refractivity contribution in [2.75, 3.05) is 0 Å². The predicted molar refractivity (Wildman–Crippen MR) is 76.7 cm³/mol. The van der Waals surface area contributed by atoms with Crippen molar-refractivity contribution >= 4 is 21.8 Å². The minimum absolute atomic E-state index is 0.264. The van der Waals surface area contributed by atoms with Gasteiger partial charge < -0.3 is 10.2 Å². The molecule has 0 aliphatic heterocycles. The summed E-state index contributed by atoms with van der Waals surface area (Å²) >= 11 is 0. The lowest BCUT2D eigenvalue weighted by Gasteiger charge is -2.26. The highest BCUT2D eigenvalue weighted by atomic mass is 19.4. The average molecular weight is 377 g/mol. The van der Waals surface area contributed by atoms with E-state index in [1.54, 1.807) is 0 Å². The lowest BCUT2D eigenvalue weighted by molar-refractivity contribution is -0.357. The van der Waals surface area contributed by atoms with E-state index in [9.17, 15) is 36.6 Å². The van der Waals surface area contributed by atoms with Crippen LogP contribution in [0.5, 0.6) is 0 Å². The normalized spacial score (nSPS) is 13.6. The van der Waals surface area contributed by atoms with Gasteiger partial charge in [0.25, 0.3) is 5.79 Å². The number of aryl methyl sites for hydroxylation is 1. The molecule has 3 aromatic rings. The van der Waals surface area contributed by atoms with Gasteiger partial charge in [-0.2, -0.15) is 26.3 Å². The molecule has 26 heavy (non-hydrogen) atoms. The second kappa shape index (κ2) is 5.48. The fourth-order valence-corrected chi connectivity index (χ4v) is 2.59. The summed E-state index contributed by atoms with van der Waals surface area (Å²) in [5, 5.41) is 18.0. The minimum Gasteiger partial charge on any atom is -0.355 e. The molecule has 138 valence electrons. The van der Waals surface area contributed by atoms with Crippen molar-refractivity contribution in [1.82, 2.24) is 15.0 Å². The molecule has 0 amide bonds.